The molecule has 11 atom stereocenters. The Morgan fingerprint density at radius 2 is 1.40 bits per heavy atom. The Hall–Kier alpha value is -5.74. The normalized spacial score (nSPS) is 31.9. The topological polar surface area (TPSA) is 221 Å². The first kappa shape index (κ1) is 44.3. The second-order valence-electron chi connectivity index (χ2n) is 17.4. The molecule has 0 aromatic heterocycles. The molecule has 7 rings (SSSR count). The van der Waals surface area contributed by atoms with Crippen molar-refractivity contribution in [3.63, 3.8) is 0 Å². The van der Waals surface area contributed by atoms with Gasteiger partial charge in [0.2, 0.25) is 0 Å². The van der Waals surface area contributed by atoms with E-state index in [1.54, 1.807) is 92.7 Å². The molecule has 2 saturated carbocycles. The molecule has 4 aliphatic rings. The first-order valence-corrected chi connectivity index (χ1v) is 20.5. The average molecular weight is 854 g/mol. The molecule has 328 valence electrons. The smallest absolute Gasteiger partial charge is 0.338 e. The predicted molar refractivity (Wildman–Crippen MR) is 218 cm³/mol. The van der Waals surface area contributed by atoms with Gasteiger partial charge in [-0.05, 0) is 54.8 Å². The zero-order valence-electron chi connectivity index (χ0n) is 35.2. The van der Waals surface area contributed by atoms with E-state index in [9.17, 15) is 39.3 Å². The fourth-order valence-corrected chi connectivity index (χ4v) is 10.2. The van der Waals surface area contributed by atoms with Crippen molar-refractivity contribution in [2.24, 2.45) is 16.7 Å². The molecule has 2 bridgehead atoms. The first-order chi connectivity index (χ1) is 29.3. The van der Waals surface area contributed by atoms with Gasteiger partial charge in [0, 0.05) is 37.7 Å². The van der Waals surface area contributed by atoms with E-state index in [-0.39, 0.29) is 35.3 Å². The lowest BCUT2D eigenvalue weighted by Crippen LogP contribution is -2.82. The van der Waals surface area contributed by atoms with Gasteiger partial charge in [0.25, 0.3) is 5.91 Å². The SMILES string of the molecule is CC(=O)O[C@H]1C(=O)C2(C)[C@H]([C@H](OC(=O)c3ccccc3)[C@]3(O)C[C@H](OC(=O)[C@H](O)C(NC(=O)c4ccccc4)c4ccccc4)C(C)=C1C3(C)C)C1(OC(C)=O)CO[C@@H]1C[C@@H]2O. The number of carbonyl (C=O) groups excluding carboxylic acids is 6. The van der Waals surface area contributed by atoms with Crippen LogP contribution < -0.4 is 5.32 Å². The van der Waals surface area contributed by atoms with Crippen LogP contribution in [0.4, 0.5) is 0 Å². The number of benzene rings is 3. The third-order valence-electron chi connectivity index (χ3n) is 13.5. The lowest BCUT2D eigenvalue weighted by atomic mass is 9.44. The molecule has 62 heavy (non-hydrogen) atoms. The van der Waals surface area contributed by atoms with Gasteiger partial charge in [0.05, 0.1) is 35.6 Å². The third-order valence-corrected chi connectivity index (χ3v) is 13.5. The summed E-state index contributed by atoms with van der Waals surface area (Å²) >= 11 is 0. The molecule has 3 fully saturated rings. The van der Waals surface area contributed by atoms with Crippen LogP contribution >= 0.6 is 0 Å². The molecule has 1 aliphatic heterocycles. The third kappa shape index (κ3) is 7.29. The number of ketones is 1. The molecular formula is C47H51NO14. The predicted octanol–water partition coefficient (Wildman–Crippen LogP) is 3.74. The van der Waals surface area contributed by atoms with Crippen molar-refractivity contribution in [1.29, 1.82) is 0 Å². The second-order valence-corrected chi connectivity index (χ2v) is 17.4. The van der Waals surface area contributed by atoms with E-state index in [4.69, 9.17) is 23.7 Å². The molecule has 1 amide bonds. The molecule has 0 radical (unpaired) electrons. The van der Waals surface area contributed by atoms with E-state index in [1.807, 2.05) is 0 Å². The molecule has 0 spiro atoms. The number of hydrogen-bond acceptors (Lipinski definition) is 14. The zero-order chi connectivity index (χ0) is 44.9. The molecule has 3 aromatic carbocycles. The summed E-state index contributed by atoms with van der Waals surface area (Å²) in [6.07, 6.45) is -10.5. The van der Waals surface area contributed by atoms with E-state index in [0.29, 0.717) is 5.56 Å². The molecule has 1 heterocycles. The first-order valence-electron chi connectivity index (χ1n) is 20.5. The largest absolute Gasteiger partial charge is 0.456 e. The molecular weight excluding hydrogens is 803 g/mol. The summed E-state index contributed by atoms with van der Waals surface area (Å²) in [7, 11) is 0. The van der Waals surface area contributed by atoms with Crippen LogP contribution in [-0.4, -0.2) is 105 Å². The zero-order valence-corrected chi connectivity index (χ0v) is 35.2. The quantitative estimate of drug-likeness (QED) is 0.130. The number of amides is 1. The molecule has 4 N–H and O–H groups in total. The second kappa shape index (κ2) is 16.5. The van der Waals surface area contributed by atoms with Crippen molar-refractivity contribution in [2.75, 3.05) is 6.61 Å². The maximum Gasteiger partial charge on any atom is 0.338 e. The van der Waals surface area contributed by atoms with E-state index in [1.165, 1.54) is 26.0 Å². The highest BCUT2D eigenvalue weighted by atomic mass is 16.6. The van der Waals surface area contributed by atoms with Crippen LogP contribution in [-0.2, 0) is 42.9 Å². The van der Waals surface area contributed by atoms with Crippen molar-refractivity contribution in [3.8, 4) is 0 Å². The lowest BCUT2D eigenvalue weighted by Gasteiger charge is -2.67. The monoisotopic (exact) mass is 853 g/mol. The van der Waals surface area contributed by atoms with Crippen molar-refractivity contribution < 1.29 is 67.8 Å². The Labute approximate surface area is 358 Å². The van der Waals surface area contributed by atoms with Crippen LogP contribution in [0.1, 0.15) is 86.7 Å². The molecule has 3 aromatic rings. The molecule has 15 heteroatoms. The highest BCUT2D eigenvalue weighted by Gasteiger charge is 2.78. The minimum Gasteiger partial charge on any atom is -0.456 e. The van der Waals surface area contributed by atoms with E-state index in [2.05, 4.69) is 5.32 Å². The number of nitrogens with one attached hydrogen (secondary N) is 1. The van der Waals surface area contributed by atoms with Gasteiger partial charge < -0.3 is 44.3 Å². The highest BCUT2D eigenvalue weighted by molar-refractivity contribution is 5.96. The van der Waals surface area contributed by atoms with Crippen molar-refractivity contribution in [1.82, 2.24) is 5.32 Å². The van der Waals surface area contributed by atoms with Gasteiger partial charge in [-0.15, -0.1) is 0 Å². The number of hydrogen-bond donors (Lipinski definition) is 4. The Morgan fingerprint density at radius 1 is 0.823 bits per heavy atom. The maximum absolute atomic E-state index is 15.5. The van der Waals surface area contributed by atoms with E-state index < -0.39 is 113 Å². The van der Waals surface area contributed by atoms with Gasteiger partial charge in [0.15, 0.2) is 23.6 Å². The minimum absolute atomic E-state index is 0.00289. The highest BCUT2D eigenvalue weighted by Crippen LogP contribution is 2.64. The molecule has 3 unspecified atom stereocenters. The number of carbonyl (C=O) groups is 6. The summed E-state index contributed by atoms with van der Waals surface area (Å²) < 4.78 is 30.3. The van der Waals surface area contributed by atoms with Gasteiger partial charge in [-0.2, -0.15) is 0 Å². The number of esters is 4. The lowest BCUT2D eigenvalue weighted by molar-refractivity contribution is -0.346. The van der Waals surface area contributed by atoms with Gasteiger partial charge in [-0.25, -0.2) is 9.59 Å². The summed E-state index contributed by atoms with van der Waals surface area (Å²) in [5, 5.41) is 40.2. The Morgan fingerprint density at radius 3 is 1.95 bits per heavy atom. The Balaban J connectivity index is 1.39. The van der Waals surface area contributed by atoms with Crippen LogP contribution in [0.25, 0.3) is 0 Å². The van der Waals surface area contributed by atoms with Crippen LogP contribution in [0.2, 0.25) is 0 Å². The Bertz CT molecular complexity index is 2280. The van der Waals surface area contributed by atoms with Crippen molar-refractivity contribution in [3.05, 3.63) is 119 Å². The minimum atomic E-state index is -2.39. The number of Topliss-reactive ketones (excluding diaryl/α,β-unsaturated/α-hetero) is 1. The van der Waals surface area contributed by atoms with E-state index in [0.717, 1.165) is 13.8 Å². The molecule has 3 aliphatic carbocycles. The van der Waals surface area contributed by atoms with Crippen LogP contribution in [0.15, 0.2) is 102 Å². The maximum atomic E-state index is 15.5. The summed E-state index contributed by atoms with van der Waals surface area (Å²) in [6.45, 7) is 7.97. The number of aliphatic hydroxyl groups excluding tert-OH is 2. The standard InChI is InChI=1S/C47H51NO14/c1-25-31(60-43(56)36(52)35(28-16-10-7-11-17-28)48-41(54)29-18-12-8-13-19-29)23-47(57)40(61-42(55)30-20-14-9-15-21-30)38-45(6,32(51)22-33-46(38,24-58-33)62-27(3)50)39(53)37(59-26(2)49)34(25)44(47,4)5/h7-21,31-33,35-38,40,51-52,57H,22-24H2,1-6H3,(H,48,54)/t31-,32-,33+,35?,36+,37+,38-,40-,45?,46?,47+/m0/s1. The fraction of sp³-hybridized carbons (Fsp3) is 0.447. The average Bonchev–Trinajstić information content (AvgIpc) is 3.24. The van der Waals surface area contributed by atoms with E-state index >= 15 is 4.79 Å². The number of rotatable bonds is 10. The van der Waals surface area contributed by atoms with Gasteiger partial charge >= 0.3 is 23.9 Å². The summed E-state index contributed by atoms with van der Waals surface area (Å²) in [5.41, 5.74) is -7.02. The molecule has 15 nitrogen and oxygen atoms in total. The van der Waals surface area contributed by atoms with Crippen LogP contribution in [0, 0.1) is 16.7 Å². The summed E-state index contributed by atoms with van der Waals surface area (Å²) in [4.78, 5) is 83.5. The summed E-state index contributed by atoms with van der Waals surface area (Å²) in [6, 6.07) is 22.9. The summed E-state index contributed by atoms with van der Waals surface area (Å²) in [5.74, 6) is -6.84. The molecule has 1 saturated heterocycles. The van der Waals surface area contributed by atoms with Gasteiger partial charge in [-0.1, -0.05) is 80.6 Å². The van der Waals surface area contributed by atoms with Gasteiger partial charge in [-0.3, -0.25) is 19.2 Å². The Kier molecular flexibility index (Phi) is 11.8. The van der Waals surface area contributed by atoms with Crippen LogP contribution in [0.5, 0.6) is 0 Å². The van der Waals surface area contributed by atoms with Crippen LogP contribution in [0.3, 0.4) is 0 Å². The van der Waals surface area contributed by atoms with Gasteiger partial charge in [0.1, 0.15) is 23.9 Å². The van der Waals surface area contributed by atoms with Crippen molar-refractivity contribution >= 4 is 35.6 Å². The number of ether oxygens (including phenoxy) is 5. The number of fused-ring (bicyclic) bond motifs is 5. The van der Waals surface area contributed by atoms with Crippen molar-refractivity contribution in [2.45, 2.75) is 108 Å². The fourth-order valence-electron chi connectivity index (χ4n) is 10.2. The number of aliphatic hydroxyl groups is 3.